The zero-order valence-corrected chi connectivity index (χ0v) is 16.8. The van der Waals surface area contributed by atoms with Crippen LogP contribution in [-0.2, 0) is 9.84 Å². The Morgan fingerprint density at radius 3 is 2.37 bits per heavy atom. The van der Waals surface area contributed by atoms with Gasteiger partial charge in [0.1, 0.15) is 16.4 Å². The van der Waals surface area contributed by atoms with Crippen molar-refractivity contribution in [2.24, 2.45) is 0 Å². The molecule has 0 aliphatic carbocycles. The van der Waals surface area contributed by atoms with Gasteiger partial charge in [-0.1, -0.05) is 35.1 Å². The summed E-state index contributed by atoms with van der Waals surface area (Å²) in [6, 6.07) is 11.3. The predicted octanol–water partition coefficient (Wildman–Crippen LogP) is 4.38. The van der Waals surface area contributed by atoms with Crippen molar-refractivity contribution in [3.63, 3.8) is 0 Å². The van der Waals surface area contributed by atoms with Crippen LogP contribution >= 0.6 is 22.9 Å². The molecule has 0 bridgehead atoms. The Morgan fingerprint density at radius 1 is 1.04 bits per heavy atom. The van der Waals surface area contributed by atoms with Crippen LogP contribution in [0.2, 0.25) is 5.02 Å². The first-order chi connectivity index (χ1) is 12.8. The van der Waals surface area contributed by atoms with E-state index in [2.05, 4.69) is 0 Å². The van der Waals surface area contributed by atoms with Crippen molar-refractivity contribution in [2.45, 2.75) is 4.90 Å². The maximum absolute atomic E-state index is 12.7. The predicted molar refractivity (Wildman–Crippen MR) is 109 cm³/mol. The lowest BCUT2D eigenvalue weighted by Crippen LogP contribution is -2.09. The number of sulfone groups is 1. The van der Waals surface area contributed by atoms with Crippen LogP contribution in [0, 0.1) is 0 Å². The van der Waals surface area contributed by atoms with Crippen molar-refractivity contribution >= 4 is 48.9 Å². The van der Waals surface area contributed by atoms with Crippen LogP contribution < -0.4 is 14.2 Å². The van der Waals surface area contributed by atoms with Gasteiger partial charge in [-0.05, 0) is 35.9 Å². The Hall–Kier alpha value is -2.35. The van der Waals surface area contributed by atoms with Gasteiger partial charge in [-0.25, -0.2) is 8.42 Å². The molecule has 0 saturated carbocycles. The summed E-state index contributed by atoms with van der Waals surface area (Å²) in [4.78, 5) is 12.1. The number of benzene rings is 2. The number of ether oxygens (including phenoxy) is 2. The van der Waals surface area contributed by atoms with Crippen molar-refractivity contribution in [1.82, 2.24) is 0 Å². The van der Waals surface area contributed by atoms with Gasteiger partial charge in [0.05, 0.1) is 14.2 Å². The number of fused-ring (bicyclic) bond motifs is 1. The van der Waals surface area contributed by atoms with Gasteiger partial charge in [-0.3, -0.25) is 4.79 Å². The Labute approximate surface area is 165 Å². The minimum Gasteiger partial charge on any atom is -0.497 e. The van der Waals surface area contributed by atoms with E-state index < -0.39 is 14.6 Å². The Balaban J connectivity index is 2.10. The van der Waals surface area contributed by atoms with Gasteiger partial charge in [-0.2, -0.15) is 0 Å². The quantitative estimate of drug-likeness (QED) is 0.610. The molecule has 140 valence electrons. The summed E-state index contributed by atoms with van der Waals surface area (Å²) in [5.74, 6) is 0.951. The standard InChI is InChI=1S/C19H15ClO5S2/c1-24-14-9-16(25-2)15-11-18(19(21)26-17(15)10-14)27(22,23)8-7-12-3-5-13(20)6-4-12/h3-11H,1-2H3/b8-7+. The Bertz CT molecular complexity index is 1180. The summed E-state index contributed by atoms with van der Waals surface area (Å²) in [5, 5.41) is 2.10. The largest absolute Gasteiger partial charge is 0.497 e. The molecule has 3 aromatic rings. The minimum absolute atomic E-state index is 0.298. The smallest absolute Gasteiger partial charge is 0.251 e. The monoisotopic (exact) mass is 422 g/mol. The number of methoxy groups -OCH3 is 2. The molecule has 0 amide bonds. The number of rotatable bonds is 5. The van der Waals surface area contributed by atoms with E-state index in [0.717, 1.165) is 16.7 Å². The third-order valence-corrected chi connectivity index (χ3v) is 6.58. The molecule has 0 aliphatic heterocycles. The average molecular weight is 423 g/mol. The fraction of sp³-hybridized carbons (Fsp3) is 0.105. The van der Waals surface area contributed by atoms with E-state index in [0.29, 0.717) is 32.2 Å². The normalized spacial score (nSPS) is 11.8. The van der Waals surface area contributed by atoms with Gasteiger partial charge in [0, 0.05) is 26.6 Å². The number of halogens is 1. The van der Waals surface area contributed by atoms with Crippen molar-refractivity contribution in [2.75, 3.05) is 14.2 Å². The SMILES string of the molecule is COc1cc(OC)c2cc(S(=O)(=O)/C=C/c3ccc(Cl)cc3)c(=O)sc2c1. The highest BCUT2D eigenvalue weighted by Gasteiger charge is 2.19. The third-order valence-electron chi connectivity index (χ3n) is 3.83. The lowest BCUT2D eigenvalue weighted by Gasteiger charge is -2.09. The molecule has 0 saturated heterocycles. The average Bonchev–Trinajstić information content (AvgIpc) is 2.65. The molecule has 0 atom stereocenters. The molecule has 0 N–H and O–H groups in total. The van der Waals surface area contributed by atoms with Crippen LogP contribution in [0.3, 0.4) is 0 Å². The van der Waals surface area contributed by atoms with Gasteiger partial charge in [-0.15, -0.1) is 0 Å². The molecule has 2 aromatic carbocycles. The molecule has 0 aliphatic rings. The highest BCUT2D eigenvalue weighted by Crippen LogP contribution is 2.33. The Morgan fingerprint density at radius 2 is 1.74 bits per heavy atom. The van der Waals surface area contributed by atoms with Crippen molar-refractivity contribution in [1.29, 1.82) is 0 Å². The highest BCUT2D eigenvalue weighted by atomic mass is 35.5. The second kappa shape index (κ2) is 7.72. The second-order valence-corrected chi connectivity index (χ2v) is 8.79. The summed E-state index contributed by atoms with van der Waals surface area (Å²) in [7, 11) is -0.959. The summed E-state index contributed by atoms with van der Waals surface area (Å²) < 4.78 is 35.9. The van der Waals surface area contributed by atoms with Gasteiger partial charge in [0.2, 0.25) is 9.84 Å². The maximum atomic E-state index is 12.7. The van der Waals surface area contributed by atoms with Crippen LogP contribution in [0.1, 0.15) is 5.56 Å². The van der Waals surface area contributed by atoms with Crippen molar-refractivity contribution < 1.29 is 17.9 Å². The van der Waals surface area contributed by atoms with Crippen molar-refractivity contribution in [3.05, 3.63) is 68.0 Å². The zero-order chi connectivity index (χ0) is 19.6. The maximum Gasteiger partial charge on any atom is 0.251 e. The summed E-state index contributed by atoms with van der Waals surface area (Å²) in [6.07, 6.45) is 1.42. The molecule has 0 fully saturated rings. The molecule has 0 unspecified atom stereocenters. The fourth-order valence-electron chi connectivity index (χ4n) is 2.44. The molecule has 0 spiro atoms. The molecule has 1 heterocycles. The van der Waals surface area contributed by atoms with E-state index >= 15 is 0 Å². The zero-order valence-electron chi connectivity index (χ0n) is 14.4. The van der Waals surface area contributed by atoms with Crippen LogP contribution in [-0.4, -0.2) is 22.6 Å². The van der Waals surface area contributed by atoms with Crippen LogP contribution in [0.25, 0.3) is 16.2 Å². The van der Waals surface area contributed by atoms with Gasteiger partial charge in [0.25, 0.3) is 4.74 Å². The molecule has 5 nitrogen and oxygen atoms in total. The van der Waals surface area contributed by atoms with E-state index in [1.165, 1.54) is 26.4 Å². The molecule has 0 radical (unpaired) electrons. The third kappa shape index (κ3) is 4.16. The molecule has 3 rings (SSSR count). The van der Waals surface area contributed by atoms with Crippen LogP contribution in [0.15, 0.2) is 57.6 Å². The van der Waals surface area contributed by atoms with E-state index in [4.69, 9.17) is 21.1 Å². The van der Waals surface area contributed by atoms with Gasteiger partial charge >= 0.3 is 0 Å². The first-order valence-electron chi connectivity index (χ1n) is 7.72. The molecule has 27 heavy (non-hydrogen) atoms. The van der Waals surface area contributed by atoms with Crippen LogP contribution in [0.5, 0.6) is 11.5 Å². The lowest BCUT2D eigenvalue weighted by molar-refractivity contribution is 0.398. The van der Waals surface area contributed by atoms with E-state index in [9.17, 15) is 13.2 Å². The fourth-order valence-corrected chi connectivity index (χ4v) is 4.84. The first-order valence-corrected chi connectivity index (χ1v) is 10.5. The van der Waals surface area contributed by atoms with Gasteiger partial charge in [0.15, 0.2) is 0 Å². The highest BCUT2D eigenvalue weighted by molar-refractivity contribution is 7.94. The Kier molecular flexibility index (Phi) is 5.55. The van der Waals surface area contributed by atoms with Crippen LogP contribution in [0.4, 0.5) is 0 Å². The summed E-state index contributed by atoms with van der Waals surface area (Å²) in [5.41, 5.74) is 0.655. The number of hydrogen-bond donors (Lipinski definition) is 0. The first kappa shape index (κ1) is 19.4. The van der Waals surface area contributed by atoms with E-state index in [1.807, 2.05) is 0 Å². The molecular formula is C19H15ClO5S2. The van der Waals surface area contributed by atoms with Crippen molar-refractivity contribution in [3.8, 4) is 11.5 Å². The molecule has 8 heteroatoms. The molecule has 1 aromatic heterocycles. The summed E-state index contributed by atoms with van der Waals surface area (Å²) >= 11 is 6.65. The van der Waals surface area contributed by atoms with Gasteiger partial charge < -0.3 is 9.47 Å². The second-order valence-electron chi connectivity index (χ2n) is 5.54. The summed E-state index contributed by atoms with van der Waals surface area (Å²) in [6.45, 7) is 0. The topological polar surface area (TPSA) is 69.7 Å². The van der Waals surface area contributed by atoms with E-state index in [-0.39, 0.29) is 4.90 Å². The molecular weight excluding hydrogens is 408 g/mol. The minimum atomic E-state index is -3.93. The van der Waals surface area contributed by atoms with E-state index in [1.54, 1.807) is 36.4 Å². The lowest BCUT2D eigenvalue weighted by atomic mass is 10.2. The number of hydrogen-bond acceptors (Lipinski definition) is 6.